The number of thiophene rings is 1. The lowest BCUT2D eigenvalue weighted by Gasteiger charge is -2.09. The van der Waals surface area contributed by atoms with Gasteiger partial charge in [-0.1, -0.05) is 6.07 Å². The third kappa shape index (κ3) is 4.13. The summed E-state index contributed by atoms with van der Waals surface area (Å²) in [5.41, 5.74) is 2.00. The Kier molecular flexibility index (Phi) is 5.56. The van der Waals surface area contributed by atoms with Crippen LogP contribution in [0.1, 0.15) is 28.2 Å². The molecule has 0 aromatic carbocycles. The van der Waals surface area contributed by atoms with Gasteiger partial charge in [0.15, 0.2) is 5.82 Å². The van der Waals surface area contributed by atoms with E-state index >= 15 is 0 Å². The number of thioether (sulfide) groups is 1. The van der Waals surface area contributed by atoms with Crippen LogP contribution in [0.5, 0.6) is 0 Å². The van der Waals surface area contributed by atoms with Crippen molar-refractivity contribution in [3.8, 4) is 5.82 Å². The fourth-order valence-corrected chi connectivity index (χ4v) is 5.77. The fourth-order valence-electron chi connectivity index (χ4n) is 3.77. The number of aromatic nitrogens is 5. The molecule has 0 saturated carbocycles. The molecule has 4 aromatic heterocycles. The predicted octanol–water partition coefficient (Wildman–Crippen LogP) is 2.60. The van der Waals surface area contributed by atoms with Gasteiger partial charge in [0.05, 0.1) is 16.9 Å². The van der Waals surface area contributed by atoms with Crippen LogP contribution in [0.3, 0.4) is 0 Å². The first kappa shape index (κ1) is 20.0. The van der Waals surface area contributed by atoms with Gasteiger partial charge < -0.3 is 10.3 Å². The summed E-state index contributed by atoms with van der Waals surface area (Å²) in [7, 11) is 0. The van der Waals surface area contributed by atoms with E-state index in [1.54, 1.807) is 28.4 Å². The van der Waals surface area contributed by atoms with E-state index < -0.39 is 0 Å². The second-order valence-corrected chi connectivity index (χ2v) is 9.33. The first-order valence-corrected chi connectivity index (χ1v) is 12.0. The molecule has 0 aliphatic heterocycles. The van der Waals surface area contributed by atoms with Crippen molar-refractivity contribution in [1.29, 1.82) is 0 Å². The van der Waals surface area contributed by atoms with Crippen molar-refractivity contribution in [3.63, 3.8) is 0 Å². The Morgan fingerprint density at radius 1 is 1.29 bits per heavy atom. The average molecular weight is 453 g/mol. The second-order valence-electron chi connectivity index (χ2n) is 7.26. The molecule has 1 aliphatic carbocycles. The molecule has 4 aromatic rings. The van der Waals surface area contributed by atoms with Gasteiger partial charge >= 0.3 is 0 Å². The van der Waals surface area contributed by atoms with E-state index in [-0.39, 0.29) is 17.2 Å². The molecule has 1 aliphatic rings. The van der Waals surface area contributed by atoms with E-state index in [1.807, 2.05) is 24.4 Å². The maximum Gasteiger partial charge on any atom is 0.259 e. The summed E-state index contributed by atoms with van der Waals surface area (Å²) in [6, 6.07) is 5.58. The van der Waals surface area contributed by atoms with Gasteiger partial charge in [0.1, 0.15) is 10.7 Å². The largest absolute Gasteiger partial charge is 0.351 e. The van der Waals surface area contributed by atoms with Crippen LogP contribution in [-0.4, -0.2) is 36.4 Å². The van der Waals surface area contributed by atoms with E-state index in [2.05, 4.69) is 25.4 Å². The minimum Gasteiger partial charge on any atom is -0.351 e. The molecule has 1 amide bonds. The zero-order valence-electron chi connectivity index (χ0n) is 16.6. The Labute approximate surface area is 186 Å². The molecule has 158 valence electrons. The summed E-state index contributed by atoms with van der Waals surface area (Å²) in [4.78, 5) is 38.8. The van der Waals surface area contributed by atoms with Crippen molar-refractivity contribution >= 4 is 39.2 Å². The number of nitrogens with one attached hydrogen (secondary N) is 2. The SMILES string of the molecule is O=C(CSCc1nc2sc3c(c2c(=O)[nH]1)CCC3)NCc1cccnc1-n1cccn1. The van der Waals surface area contributed by atoms with Gasteiger partial charge in [0.2, 0.25) is 5.91 Å². The number of hydrogen-bond acceptors (Lipinski definition) is 7. The fraction of sp³-hybridized carbons (Fsp3) is 0.286. The molecular weight excluding hydrogens is 432 g/mol. The van der Waals surface area contributed by atoms with Crippen molar-refractivity contribution in [2.45, 2.75) is 31.6 Å². The number of aryl methyl sites for hydroxylation is 2. The molecule has 0 atom stereocenters. The Bertz CT molecular complexity index is 1300. The van der Waals surface area contributed by atoms with Crippen LogP contribution < -0.4 is 10.9 Å². The van der Waals surface area contributed by atoms with Gasteiger partial charge in [-0.2, -0.15) is 5.10 Å². The number of nitrogens with zero attached hydrogens (tertiary/aromatic N) is 4. The van der Waals surface area contributed by atoms with E-state index in [4.69, 9.17) is 0 Å². The first-order valence-electron chi connectivity index (χ1n) is 10.0. The average Bonchev–Trinajstić information content (AvgIpc) is 3.50. The number of hydrogen-bond donors (Lipinski definition) is 2. The molecule has 10 heteroatoms. The predicted molar refractivity (Wildman–Crippen MR) is 122 cm³/mol. The molecule has 5 rings (SSSR count). The zero-order chi connectivity index (χ0) is 21.2. The number of fused-ring (bicyclic) bond motifs is 3. The standard InChI is InChI=1S/C21H20N6O2S2/c28-17(23-10-13-4-2-7-22-19(13)27-9-3-8-24-27)12-30-11-16-25-20(29)18-14-5-1-6-15(14)31-21(18)26-16/h2-4,7-9H,1,5-6,10-12H2,(H,23,28)(H,25,26,29). The van der Waals surface area contributed by atoms with Crippen LogP contribution >= 0.6 is 23.1 Å². The van der Waals surface area contributed by atoms with Crippen molar-refractivity contribution in [2.75, 3.05) is 5.75 Å². The highest BCUT2D eigenvalue weighted by molar-refractivity contribution is 7.99. The smallest absolute Gasteiger partial charge is 0.259 e. The van der Waals surface area contributed by atoms with Gasteiger partial charge in [0.25, 0.3) is 5.56 Å². The van der Waals surface area contributed by atoms with Crippen LogP contribution in [0.25, 0.3) is 16.0 Å². The summed E-state index contributed by atoms with van der Waals surface area (Å²) in [6.07, 6.45) is 8.33. The van der Waals surface area contributed by atoms with E-state index in [1.165, 1.54) is 22.2 Å². The molecule has 0 unspecified atom stereocenters. The highest BCUT2D eigenvalue weighted by atomic mass is 32.2. The molecule has 2 N–H and O–H groups in total. The maximum atomic E-state index is 12.5. The first-order chi connectivity index (χ1) is 15.2. The van der Waals surface area contributed by atoms with Crippen LogP contribution in [0.2, 0.25) is 0 Å². The second kappa shape index (κ2) is 8.64. The lowest BCUT2D eigenvalue weighted by Crippen LogP contribution is -2.25. The van der Waals surface area contributed by atoms with E-state index in [0.717, 1.165) is 35.0 Å². The van der Waals surface area contributed by atoms with Gasteiger partial charge in [-0.25, -0.2) is 14.6 Å². The Balaban J connectivity index is 1.17. The van der Waals surface area contributed by atoms with Crippen LogP contribution in [0, 0.1) is 0 Å². The van der Waals surface area contributed by atoms with Crippen molar-refractivity contribution in [3.05, 3.63) is 69.0 Å². The molecule has 0 bridgehead atoms. The lowest BCUT2D eigenvalue weighted by molar-refractivity contribution is -0.118. The summed E-state index contributed by atoms with van der Waals surface area (Å²) in [5, 5.41) is 7.89. The Hall–Kier alpha value is -2.98. The van der Waals surface area contributed by atoms with Gasteiger partial charge in [-0.05, 0) is 37.0 Å². The number of amides is 1. The van der Waals surface area contributed by atoms with Crippen LogP contribution in [0.15, 0.2) is 41.6 Å². The monoisotopic (exact) mass is 452 g/mol. The summed E-state index contributed by atoms with van der Waals surface area (Å²) < 4.78 is 1.68. The van der Waals surface area contributed by atoms with E-state index in [0.29, 0.717) is 23.9 Å². The molecule has 4 heterocycles. The number of carbonyl (C=O) groups excluding carboxylic acids is 1. The van der Waals surface area contributed by atoms with E-state index in [9.17, 15) is 9.59 Å². The minimum atomic E-state index is -0.0845. The minimum absolute atomic E-state index is 0.0628. The van der Waals surface area contributed by atoms with Crippen molar-refractivity contribution in [1.82, 2.24) is 30.0 Å². The Morgan fingerprint density at radius 3 is 3.10 bits per heavy atom. The third-order valence-corrected chi connectivity index (χ3v) is 7.29. The molecular formula is C21H20N6O2S2. The lowest BCUT2D eigenvalue weighted by atomic mass is 10.2. The summed E-state index contributed by atoms with van der Waals surface area (Å²) in [6.45, 7) is 0.365. The molecule has 0 spiro atoms. The highest BCUT2D eigenvalue weighted by Gasteiger charge is 2.21. The van der Waals surface area contributed by atoms with Crippen molar-refractivity contribution in [2.24, 2.45) is 0 Å². The topological polar surface area (TPSA) is 106 Å². The molecule has 0 saturated heterocycles. The Morgan fingerprint density at radius 2 is 2.23 bits per heavy atom. The number of carbonyl (C=O) groups is 1. The molecule has 8 nitrogen and oxygen atoms in total. The highest BCUT2D eigenvalue weighted by Crippen LogP contribution is 2.34. The molecule has 0 radical (unpaired) electrons. The number of H-pyrrole nitrogens is 1. The van der Waals surface area contributed by atoms with Crippen LogP contribution in [0.4, 0.5) is 0 Å². The summed E-state index contributed by atoms with van der Waals surface area (Å²) >= 11 is 3.05. The number of aromatic amines is 1. The number of rotatable bonds is 7. The normalized spacial score (nSPS) is 12.9. The molecule has 0 fully saturated rings. The quantitative estimate of drug-likeness (QED) is 0.447. The maximum absolute atomic E-state index is 12.5. The molecule has 31 heavy (non-hydrogen) atoms. The van der Waals surface area contributed by atoms with Crippen molar-refractivity contribution < 1.29 is 4.79 Å². The summed E-state index contributed by atoms with van der Waals surface area (Å²) in [5.74, 6) is 1.98. The third-order valence-electron chi connectivity index (χ3n) is 5.16. The van der Waals surface area contributed by atoms with Gasteiger partial charge in [-0.3, -0.25) is 9.59 Å². The van der Waals surface area contributed by atoms with Gasteiger partial charge in [0, 0.05) is 35.6 Å². The van der Waals surface area contributed by atoms with Gasteiger partial charge in [-0.15, -0.1) is 23.1 Å². The zero-order valence-corrected chi connectivity index (χ0v) is 18.3. The van der Waals surface area contributed by atoms with Crippen LogP contribution in [-0.2, 0) is 29.9 Å². The number of pyridine rings is 1.